The lowest BCUT2D eigenvalue weighted by molar-refractivity contribution is 0.0724. The van der Waals surface area contributed by atoms with Crippen LogP contribution in [0, 0.1) is 11.8 Å². The van der Waals surface area contributed by atoms with E-state index in [0.717, 1.165) is 6.42 Å². The monoisotopic (exact) mass is 433 g/mol. The van der Waals surface area contributed by atoms with Crippen molar-refractivity contribution in [2.75, 3.05) is 27.3 Å². The number of carbonyl (C=O) groups excluding carboxylic acids is 1. The fourth-order valence-electron chi connectivity index (χ4n) is 3.78. The average Bonchev–Trinajstić information content (AvgIpc) is 2.73. The summed E-state index contributed by atoms with van der Waals surface area (Å²) in [5.74, 6) is 0.871. The molecule has 30 heavy (non-hydrogen) atoms. The topological polar surface area (TPSA) is 82.1 Å². The lowest BCUT2D eigenvalue weighted by Gasteiger charge is -2.34. The Kier molecular flexibility index (Phi) is 6.67. The number of nitrogens with zero attached hydrogens (tertiary/aromatic N) is 1. The van der Waals surface area contributed by atoms with E-state index >= 15 is 0 Å². The molecule has 0 saturated carbocycles. The molecule has 8 heteroatoms. The van der Waals surface area contributed by atoms with Gasteiger partial charge in [-0.25, -0.2) is 13.2 Å². The predicted octanol–water partition coefficient (Wildman–Crippen LogP) is 3.59. The second-order valence-electron chi connectivity index (χ2n) is 7.67. The van der Waals surface area contributed by atoms with Crippen molar-refractivity contribution < 1.29 is 27.4 Å². The fraction of sp³-hybridized carbons (Fsp3) is 0.409. The summed E-state index contributed by atoms with van der Waals surface area (Å²) in [6.07, 6.45) is 1.02. The smallest absolute Gasteiger partial charge is 0.343 e. The van der Waals surface area contributed by atoms with Crippen LogP contribution in [0.4, 0.5) is 0 Å². The third-order valence-corrected chi connectivity index (χ3v) is 6.99. The summed E-state index contributed by atoms with van der Waals surface area (Å²) in [5, 5.41) is 0. The number of ether oxygens (including phenoxy) is 3. The minimum Gasteiger partial charge on any atom is -0.493 e. The first-order valence-electron chi connectivity index (χ1n) is 9.79. The van der Waals surface area contributed by atoms with E-state index in [1.54, 1.807) is 18.2 Å². The molecule has 7 nitrogen and oxygen atoms in total. The zero-order valence-corrected chi connectivity index (χ0v) is 18.4. The molecule has 0 amide bonds. The van der Waals surface area contributed by atoms with E-state index in [2.05, 4.69) is 13.8 Å². The van der Waals surface area contributed by atoms with Gasteiger partial charge in [-0.05, 0) is 54.7 Å². The van der Waals surface area contributed by atoms with Crippen molar-refractivity contribution in [2.24, 2.45) is 11.8 Å². The van der Waals surface area contributed by atoms with Crippen LogP contribution in [-0.4, -0.2) is 46.0 Å². The number of para-hydroxylation sites is 1. The Balaban J connectivity index is 1.80. The van der Waals surface area contributed by atoms with Gasteiger partial charge in [-0.3, -0.25) is 0 Å². The van der Waals surface area contributed by atoms with Crippen molar-refractivity contribution in [1.29, 1.82) is 0 Å². The number of benzene rings is 2. The summed E-state index contributed by atoms with van der Waals surface area (Å²) in [6.45, 7) is 5.13. The van der Waals surface area contributed by atoms with E-state index in [1.807, 2.05) is 0 Å². The van der Waals surface area contributed by atoms with E-state index in [4.69, 9.17) is 14.2 Å². The number of methoxy groups -OCH3 is 2. The standard InChI is InChI=1S/C22H27NO6S/c1-15-12-16(2)14-23(13-15)30(25,26)18-10-8-17(9-11-18)22(24)29-21-19(27-3)6-5-7-20(21)28-4/h5-11,15-16H,12-14H2,1-4H3/t15-,16-/m0/s1. The van der Waals surface area contributed by atoms with E-state index in [1.165, 1.54) is 42.8 Å². The first-order valence-corrected chi connectivity index (χ1v) is 11.2. The van der Waals surface area contributed by atoms with Gasteiger partial charge < -0.3 is 14.2 Å². The van der Waals surface area contributed by atoms with Crippen LogP contribution in [-0.2, 0) is 10.0 Å². The first-order chi connectivity index (χ1) is 14.3. The number of piperidine rings is 1. The molecule has 0 bridgehead atoms. The van der Waals surface area contributed by atoms with Gasteiger partial charge in [0.05, 0.1) is 24.7 Å². The molecule has 2 aromatic rings. The van der Waals surface area contributed by atoms with Gasteiger partial charge in [0.1, 0.15) is 0 Å². The Morgan fingerprint density at radius 3 is 1.97 bits per heavy atom. The van der Waals surface area contributed by atoms with Gasteiger partial charge in [-0.15, -0.1) is 0 Å². The van der Waals surface area contributed by atoms with Gasteiger partial charge in [0.15, 0.2) is 11.5 Å². The molecule has 0 aromatic heterocycles. The lowest BCUT2D eigenvalue weighted by Crippen LogP contribution is -2.42. The largest absolute Gasteiger partial charge is 0.493 e. The number of rotatable bonds is 6. The minimum atomic E-state index is -3.61. The zero-order valence-electron chi connectivity index (χ0n) is 17.6. The van der Waals surface area contributed by atoms with Crippen LogP contribution in [0.15, 0.2) is 47.4 Å². The van der Waals surface area contributed by atoms with Gasteiger partial charge in [-0.2, -0.15) is 4.31 Å². The van der Waals surface area contributed by atoms with Crippen molar-refractivity contribution in [3.63, 3.8) is 0 Å². The highest BCUT2D eigenvalue weighted by Crippen LogP contribution is 2.37. The van der Waals surface area contributed by atoms with Crippen LogP contribution in [0.3, 0.4) is 0 Å². The molecule has 2 aromatic carbocycles. The van der Waals surface area contributed by atoms with Gasteiger partial charge >= 0.3 is 5.97 Å². The molecule has 3 rings (SSSR count). The van der Waals surface area contributed by atoms with Gasteiger partial charge in [-0.1, -0.05) is 19.9 Å². The Bertz CT molecular complexity index is 971. The number of hydrogen-bond donors (Lipinski definition) is 0. The molecule has 0 N–H and O–H groups in total. The molecule has 1 saturated heterocycles. The molecular formula is C22H27NO6S. The van der Waals surface area contributed by atoms with Crippen LogP contribution in [0.25, 0.3) is 0 Å². The number of hydrogen-bond acceptors (Lipinski definition) is 6. The van der Waals surface area contributed by atoms with Crippen LogP contribution < -0.4 is 14.2 Å². The molecule has 0 aliphatic carbocycles. The lowest BCUT2D eigenvalue weighted by atomic mass is 9.94. The first kappa shape index (κ1) is 22.1. The quantitative estimate of drug-likeness (QED) is 0.512. The Morgan fingerprint density at radius 1 is 0.933 bits per heavy atom. The van der Waals surface area contributed by atoms with Gasteiger partial charge in [0, 0.05) is 13.1 Å². The third kappa shape index (κ3) is 4.60. The SMILES string of the molecule is COc1cccc(OC)c1OC(=O)c1ccc(S(=O)(=O)N2C[C@@H](C)C[C@H](C)C2)cc1. The second kappa shape index (κ2) is 9.06. The van der Waals surface area contributed by atoms with E-state index < -0.39 is 16.0 Å². The minimum absolute atomic E-state index is 0.162. The van der Waals surface area contributed by atoms with Crippen LogP contribution >= 0.6 is 0 Å². The summed E-state index contributed by atoms with van der Waals surface area (Å²) < 4.78 is 43.4. The summed E-state index contributed by atoms with van der Waals surface area (Å²) >= 11 is 0. The normalized spacial score (nSPS) is 19.9. The van der Waals surface area contributed by atoms with Crippen LogP contribution in [0.2, 0.25) is 0 Å². The van der Waals surface area contributed by atoms with Crippen molar-refractivity contribution in [3.8, 4) is 17.2 Å². The Hall–Kier alpha value is -2.58. The fourth-order valence-corrected chi connectivity index (χ4v) is 5.46. The highest BCUT2D eigenvalue weighted by molar-refractivity contribution is 7.89. The van der Waals surface area contributed by atoms with Crippen LogP contribution in [0.1, 0.15) is 30.6 Å². The second-order valence-corrected chi connectivity index (χ2v) is 9.61. The van der Waals surface area contributed by atoms with E-state index in [-0.39, 0.29) is 16.2 Å². The summed E-state index contributed by atoms with van der Waals surface area (Å²) in [4.78, 5) is 12.8. The molecule has 1 fully saturated rings. The van der Waals surface area contributed by atoms with E-state index in [9.17, 15) is 13.2 Å². The summed E-state index contributed by atoms with van der Waals surface area (Å²) in [7, 11) is -0.677. The molecule has 0 radical (unpaired) electrons. The summed E-state index contributed by atoms with van der Waals surface area (Å²) in [5.41, 5.74) is 0.224. The van der Waals surface area contributed by atoms with E-state index in [0.29, 0.717) is 36.4 Å². The van der Waals surface area contributed by atoms with Gasteiger partial charge in [0.2, 0.25) is 15.8 Å². The molecule has 1 aliphatic rings. The van der Waals surface area contributed by atoms with Crippen LogP contribution in [0.5, 0.6) is 17.2 Å². The average molecular weight is 434 g/mol. The number of sulfonamides is 1. The predicted molar refractivity (Wildman–Crippen MR) is 113 cm³/mol. The third-order valence-electron chi connectivity index (χ3n) is 5.14. The highest BCUT2D eigenvalue weighted by atomic mass is 32.2. The molecular weight excluding hydrogens is 406 g/mol. The van der Waals surface area contributed by atoms with Crippen molar-refractivity contribution in [3.05, 3.63) is 48.0 Å². The molecule has 0 unspecified atom stereocenters. The maximum absolute atomic E-state index is 13.0. The zero-order chi connectivity index (χ0) is 21.9. The van der Waals surface area contributed by atoms with Crippen molar-refractivity contribution >= 4 is 16.0 Å². The number of carbonyl (C=O) groups is 1. The molecule has 1 heterocycles. The molecule has 2 atom stereocenters. The Labute approximate surface area is 177 Å². The van der Waals surface area contributed by atoms with Gasteiger partial charge in [0.25, 0.3) is 0 Å². The Morgan fingerprint density at radius 2 is 1.47 bits per heavy atom. The maximum Gasteiger partial charge on any atom is 0.343 e. The molecule has 162 valence electrons. The molecule has 1 aliphatic heterocycles. The highest BCUT2D eigenvalue weighted by Gasteiger charge is 2.31. The maximum atomic E-state index is 13.0. The number of esters is 1. The summed E-state index contributed by atoms with van der Waals surface area (Å²) in [6, 6.07) is 10.8. The van der Waals surface area contributed by atoms with Crippen molar-refractivity contribution in [2.45, 2.75) is 25.2 Å². The molecule has 0 spiro atoms. The van der Waals surface area contributed by atoms with Crippen molar-refractivity contribution in [1.82, 2.24) is 4.31 Å².